The Labute approximate surface area is 63.2 Å². The van der Waals surface area contributed by atoms with Gasteiger partial charge >= 0.3 is 0 Å². The van der Waals surface area contributed by atoms with Crippen LogP contribution in [0.4, 0.5) is 8.78 Å². The molecule has 0 heterocycles. The van der Waals surface area contributed by atoms with E-state index in [9.17, 15) is 8.78 Å². The van der Waals surface area contributed by atoms with E-state index in [1.165, 1.54) is 0 Å². The second-order valence-corrected chi connectivity index (χ2v) is 1.77. The van der Waals surface area contributed by atoms with Gasteiger partial charge in [0.05, 0.1) is 6.61 Å². The third kappa shape index (κ3) is 7.21. The van der Waals surface area contributed by atoms with E-state index in [1.807, 2.05) is 0 Å². The minimum absolute atomic E-state index is 0.133. The van der Waals surface area contributed by atoms with Crippen molar-refractivity contribution in [1.82, 2.24) is 0 Å². The summed E-state index contributed by atoms with van der Waals surface area (Å²) in [5, 5.41) is 8.30. The van der Waals surface area contributed by atoms with Crippen molar-refractivity contribution in [3.63, 3.8) is 0 Å². The highest BCUT2D eigenvalue weighted by atomic mass is 19.3. The summed E-state index contributed by atoms with van der Waals surface area (Å²) < 4.78 is 22.8. The van der Waals surface area contributed by atoms with Crippen LogP contribution in [-0.2, 0) is 9.78 Å². The molecule has 66 valence electrons. The Hall–Kier alpha value is -0.680. The molecule has 11 heavy (non-hydrogen) atoms. The number of aliphatic hydroxyl groups is 1. The standard InChI is InChI=1S/C6H10F2O3/c1-5(2-3-9)11-10-4-6(7)8/h6,9H,1-4H2. The number of hydrogen-bond acceptors (Lipinski definition) is 3. The van der Waals surface area contributed by atoms with E-state index in [2.05, 4.69) is 16.4 Å². The molecule has 0 fully saturated rings. The second-order valence-electron chi connectivity index (χ2n) is 1.77. The van der Waals surface area contributed by atoms with E-state index in [-0.39, 0.29) is 18.8 Å². The van der Waals surface area contributed by atoms with Crippen LogP contribution in [0.25, 0.3) is 0 Å². The molecule has 0 atom stereocenters. The largest absolute Gasteiger partial charge is 0.396 e. The molecule has 0 saturated heterocycles. The van der Waals surface area contributed by atoms with E-state index in [0.29, 0.717) is 0 Å². The molecular weight excluding hydrogens is 158 g/mol. The van der Waals surface area contributed by atoms with Gasteiger partial charge in [0.15, 0.2) is 6.61 Å². The molecule has 0 radical (unpaired) electrons. The molecule has 0 saturated carbocycles. The first-order valence-corrected chi connectivity index (χ1v) is 3.03. The maximum absolute atomic E-state index is 11.4. The molecule has 0 amide bonds. The zero-order valence-electron chi connectivity index (χ0n) is 5.93. The van der Waals surface area contributed by atoms with Crippen molar-refractivity contribution in [1.29, 1.82) is 0 Å². The van der Waals surface area contributed by atoms with Crippen molar-refractivity contribution in [2.24, 2.45) is 0 Å². The van der Waals surface area contributed by atoms with Gasteiger partial charge in [0.2, 0.25) is 0 Å². The van der Waals surface area contributed by atoms with Gasteiger partial charge in [-0.1, -0.05) is 6.58 Å². The van der Waals surface area contributed by atoms with Crippen LogP contribution in [0.1, 0.15) is 6.42 Å². The normalized spacial score (nSPS) is 10.2. The van der Waals surface area contributed by atoms with Crippen LogP contribution in [0.3, 0.4) is 0 Å². The minimum atomic E-state index is -2.56. The van der Waals surface area contributed by atoms with Gasteiger partial charge in [-0.15, -0.1) is 0 Å². The van der Waals surface area contributed by atoms with E-state index in [1.54, 1.807) is 0 Å². The van der Waals surface area contributed by atoms with Crippen molar-refractivity contribution < 1.29 is 23.7 Å². The molecule has 0 aliphatic carbocycles. The molecule has 0 aliphatic rings. The van der Waals surface area contributed by atoms with E-state index in [0.717, 1.165) is 0 Å². The Kier molecular flexibility index (Phi) is 5.68. The molecule has 0 aromatic carbocycles. The average molecular weight is 168 g/mol. The Morgan fingerprint density at radius 3 is 2.64 bits per heavy atom. The monoisotopic (exact) mass is 168 g/mol. The van der Waals surface area contributed by atoms with Crippen molar-refractivity contribution in [2.75, 3.05) is 13.2 Å². The van der Waals surface area contributed by atoms with Crippen molar-refractivity contribution in [2.45, 2.75) is 12.8 Å². The van der Waals surface area contributed by atoms with Crippen LogP contribution < -0.4 is 0 Å². The lowest BCUT2D eigenvalue weighted by atomic mass is 10.4. The molecule has 3 nitrogen and oxygen atoms in total. The lowest BCUT2D eigenvalue weighted by Crippen LogP contribution is -2.05. The summed E-state index contributed by atoms with van der Waals surface area (Å²) in [6.45, 7) is 2.36. The molecule has 5 heteroatoms. The summed E-state index contributed by atoms with van der Waals surface area (Å²) in [6.07, 6.45) is -2.37. The number of aliphatic hydroxyl groups excluding tert-OH is 1. The maximum atomic E-state index is 11.4. The molecule has 0 aromatic heterocycles. The molecule has 0 spiro atoms. The average Bonchev–Trinajstić information content (AvgIpc) is 1.87. The predicted octanol–water partition coefficient (Wildman–Crippen LogP) is 1.10. The van der Waals surface area contributed by atoms with Crippen molar-refractivity contribution in [3.8, 4) is 0 Å². The van der Waals surface area contributed by atoms with Gasteiger partial charge in [0, 0.05) is 6.42 Å². The summed E-state index contributed by atoms with van der Waals surface area (Å²) in [5.41, 5.74) is 0. The van der Waals surface area contributed by atoms with Gasteiger partial charge < -0.3 is 9.99 Å². The Morgan fingerprint density at radius 1 is 1.55 bits per heavy atom. The van der Waals surface area contributed by atoms with Gasteiger partial charge in [-0.2, -0.15) is 4.89 Å². The summed E-state index contributed by atoms with van der Waals surface area (Å²) in [7, 11) is 0. The Balaban J connectivity index is 3.17. The molecule has 0 rings (SSSR count). The fraction of sp³-hybridized carbons (Fsp3) is 0.667. The van der Waals surface area contributed by atoms with Crippen LogP contribution in [-0.4, -0.2) is 24.7 Å². The van der Waals surface area contributed by atoms with Crippen LogP contribution in [0.5, 0.6) is 0 Å². The lowest BCUT2D eigenvalue weighted by molar-refractivity contribution is -0.279. The van der Waals surface area contributed by atoms with Gasteiger partial charge in [0.25, 0.3) is 6.43 Å². The quantitative estimate of drug-likeness (QED) is 0.366. The SMILES string of the molecule is C=C(CCO)OOCC(F)F. The van der Waals surface area contributed by atoms with Crippen LogP contribution in [0.15, 0.2) is 12.3 Å². The van der Waals surface area contributed by atoms with E-state index >= 15 is 0 Å². The van der Waals surface area contributed by atoms with Crippen LogP contribution in [0.2, 0.25) is 0 Å². The smallest absolute Gasteiger partial charge is 0.265 e. The number of hydrogen-bond donors (Lipinski definition) is 1. The highest BCUT2D eigenvalue weighted by molar-refractivity contribution is 4.79. The summed E-state index contributed by atoms with van der Waals surface area (Å²) >= 11 is 0. The highest BCUT2D eigenvalue weighted by Crippen LogP contribution is 2.01. The summed E-state index contributed by atoms with van der Waals surface area (Å²) in [4.78, 5) is 8.31. The Bertz CT molecular complexity index is 116. The topological polar surface area (TPSA) is 38.7 Å². The third-order valence-corrected chi connectivity index (χ3v) is 0.761. The van der Waals surface area contributed by atoms with E-state index in [4.69, 9.17) is 5.11 Å². The molecule has 0 bridgehead atoms. The first-order valence-electron chi connectivity index (χ1n) is 3.03. The van der Waals surface area contributed by atoms with Crippen LogP contribution >= 0.6 is 0 Å². The fourth-order valence-electron chi connectivity index (χ4n) is 0.335. The minimum Gasteiger partial charge on any atom is -0.396 e. The van der Waals surface area contributed by atoms with Gasteiger partial charge in [-0.25, -0.2) is 8.78 Å². The zero-order chi connectivity index (χ0) is 8.69. The number of halogens is 2. The fourth-order valence-corrected chi connectivity index (χ4v) is 0.335. The lowest BCUT2D eigenvalue weighted by Gasteiger charge is -2.04. The number of rotatable bonds is 6. The first kappa shape index (κ1) is 10.3. The molecule has 0 aliphatic heterocycles. The molecule has 0 unspecified atom stereocenters. The zero-order valence-corrected chi connectivity index (χ0v) is 5.93. The maximum Gasteiger partial charge on any atom is 0.265 e. The van der Waals surface area contributed by atoms with Crippen molar-refractivity contribution in [3.05, 3.63) is 12.3 Å². The number of alkyl halides is 2. The second kappa shape index (κ2) is 6.06. The summed E-state index contributed by atoms with van der Waals surface area (Å²) in [6, 6.07) is 0. The molecule has 0 aromatic rings. The first-order chi connectivity index (χ1) is 5.16. The van der Waals surface area contributed by atoms with Gasteiger partial charge in [0.1, 0.15) is 5.76 Å². The third-order valence-electron chi connectivity index (χ3n) is 0.761. The van der Waals surface area contributed by atoms with E-state index < -0.39 is 13.0 Å². The Morgan fingerprint density at radius 2 is 2.18 bits per heavy atom. The summed E-state index contributed by atoms with van der Waals surface area (Å²) in [5.74, 6) is 0.133. The highest BCUT2D eigenvalue weighted by Gasteiger charge is 2.03. The van der Waals surface area contributed by atoms with Gasteiger partial charge in [-0.05, 0) is 0 Å². The molecule has 1 N–H and O–H groups in total. The van der Waals surface area contributed by atoms with Crippen LogP contribution in [0, 0.1) is 0 Å². The van der Waals surface area contributed by atoms with Gasteiger partial charge in [-0.3, -0.25) is 0 Å². The predicted molar refractivity (Wildman–Crippen MR) is 33.9 cm³/mol. The molecular formula is C6H10F2O3. The van der Waals surface area contributed by atoms with Crippen molar-refractivity contribution >= 4 is 0 Å².